The molecule has 0 spiro atoms. The van der Waals surface area contributed by atoms with E-state index in [0.717, 1.165) is 22.0 Å². The molecule has 4 aromatic carbocycles. The highest BCUT2D eigenvalue weighted by molar-refractivity contribution is 6.42. The Labute approximate surface area is 235 Å². The third-order valence-electron chi connectivity index (χ3n) is 6.00. The van der Waals surface area contributed by atoms with Crippen molar-refractivity contribution >= 4 is 46.2 Å². The number of fused-ring (bicyclic) bond motifs is 1. The summed E-state index contributed by atoms with van der Waals surface area (Å²) in [6.07, 6.45) is 1.52. The van der Waals surface area contributed by atoms with Gasteiger partial charge in [0.1, 0.15) is 6.61 Å². The van der Waals surface area contributed by atoms with Crippen LogP contribution in [0, 0.1) is 0 Å². The minimum Gasteiger partial charge on any atom is -0.493 e. The van der Waals surface area contributed by atoms with Crippen LogP contribution < -0.4 is 14.9 Å². The van der Waals surface area contributed by atoms with Crippen LogP contribution in [0.1, 0.15) is 21.5 Å². The number of hydrogen-bond donors (Lipinski definition) is 1. The van der Waals surface area contributed by atoms with Gasteiger partial charge in [0.05, 0.1) is 40.1 Å². The molecule has 0 saturated heterocycles. The van der Waals surface area contributed by atoms with E-state index in [1.54, 1.807) is 31.4 Å². The summed E-state index contributed by atoms with van der Waals surface area (Å²) in [4.78, 5) is 18.0. The van der Waals surface area contributed by atoms with Crippen LogP contribution in [0.3, 0.4) is 0 Å². The smallest absolute Gasteiger partial charge is 0.272 e. The van der Waals surface area contributed by atoms with Gasteiger partial charge in [0.25, 0.3) is 5.91 Å². The first-order valence-electron chi connectivity index (χ1n) is 12.1. The minimum absolute atomic E-state index is 0.232. The monoisotopic (exact) mass is 555 g/mol. The summed E-state index contributed by atoms with van der Waals surface area (Å²) in [5.74, 6) is 0.644. The van der Waals surface area contributed by atoms with E-state index in [1.807, 2.05) is 72.8 Å². The van der Waals surface area contributed by atoms with Crippen molar-refractivity contribution in [1.82, 2.24) is 10.4 Å². The van der Waals surface area contributed by atoms with Gasteiger partial charge in [-0.2, -0.15) is 5.10 Å². The first-order chi connectivity index (χ1) is 19.0. The average Bonchev–Trinajstić information content (AvgIpc) is 2.97. The molecule has 0 fully saturated rings. The first-order valence-corrected chi connectivity index (χ1v) is 12.8. The lowest BCUT2D eigenvalue weighted by Gasteiger charge is -2.13. The van der Waals surface area contributed by atoms with Gasteiger partial charge >= 0.3 is 0 Å². The molecule has 0 aliphatic carbocycles. The second-order valence-corrected chi connectivity index (χ2v) is 9.37. The molecular formula is C31H23Cl2N3O3. The first kappa shape index (κ1) is 26.2. The summed E-state index contributed by atoms with van der Waals surface area (Å²) in [7, 11) is 1.56. The SMILES string of the molecule is COc1cccc(/C=N\NC(=O)c2cc(-c3ccccc3)nc3ccccc23)c1OCc1ccc(Cl)c(Cl)c1. The van der Waals surface area contributed by atoms with E-state index in [2.05, 4.69) is 10.5 Å². The average molecular weight is 556 g/mol. The van der Waals surface area contributed by atoms with Gasteiger partial charge in [0.2, 0.25) is 0 Å². The van der Waals surface area contributed by atoms with Crippen LogP contribution in [0.2, 0.25) is 10.0 Å². The quantitative estimate of drug-likeness (QED) is 0.158. The van der Waals surface area contributed by atoms with Crippen LogP contribution in [-0.4, -0.2) is 24.2 Å². The summed E-state index contributed by atoms with van der Waals surface area (Å²) < 4.78 is 11.6. The molecule has 39 heavy (non-hydrogen) atoms. The van der Waals surface area contributed by atoms with Crippen molar-refractivity contribution in [3.8, 4) is 22.8 Å². The van der Waals surface area contributed by atoms with Crippen molar-refractivity contribution in [3.63, 3.8) is 0 Å². The summed E-state index contributed by atoms with van der Waals surface area (Å²) in [5.41, 5.74) is 6.92. The Bertz CT molecular complexity index is 1670. The number of ether oxygens (including phenoxy) is 2. The number of nitrogens with zero attached hydrogens (tertiary/aromatic N) is 2. The Hall–Kier alpha value is -4.39. The number of amides is 1. The number of methoxy groups -OCH3 is 1. The van der Waals surface area contributed by atoms with Crippen molar-refractivity contribution in [2.45, 2.75) is 6.61 Å². The number of carbonyl (C=O) groups is 1. The zero-order valence-electron chi connectivity index (χ0n) is 20.9. The van der Waals surface area contributed by atoms with Gasteiger partial charge in [0, 0.05) is 16.5 Å². The number of carbonyl (C=O) groups excluding carboxylic acids is 1. The lowest BCUT2D eigenvalue weighted by atomic mass is 10.0. The van der Waals surface area contributed by atoms with E-state index in [4.69, 9.17) is 37.7 Å². The number of para-hydroxylation sites is 2. The fraction of sp³-hybridized carbons (Fsp3) is 0.0645. The molecule has 1 amide bonds. The van der Waals surface area contributed by atoms with Gasteiger partial charge < -0.3 is 9.47 Å². The number of benzene rings is 4. The van der Waals surface area contributed by atoms with Crippen LogP contribution in [0.25, 0.3) is 22.2 Å². The van der Waals surface area contributed by atoms with Crippen LogP contribution in [0.4, 0.5) is 0 Å². The predicted molar refractivity (Wildman–Crippen MR) is 156 cm³/mol. The van der Waals surface area contributed by atoms with E-state index in [-0.39, 0.29) is 12.5 Å². The fourth-order valence-electron chi connectivity index (χ4n) is 4.08. The Morgan fingerprint density at radius 3 is 2.51 bits per heavy atom. The molecule has 8 heteroatoms. The number of aromatic nitrogens is 1. The van der Waals surface area contributed by atoms with Gasteiger partial charge in [-0.25, -0.2) is 10.4 Å². The summed E-state index contributed by atoms with van der Waals surface area (Å²) in [6, 6.07) is 29.7. The normalized spacial score (nSPS) is 11.1. The standard InChI is InChI=1S/C31H23Cl2N3O3/c1-38-29-13-7-10-22(30(29)39-19-20-14-15-25(32)26(33)16-20)18-34-36-31(37)24-17-28(21-8-3-2-4-9-21)35-27-12-6-5-11-23(24)27/h2-18H,19H2,1H3,(H,36,37)/b34-18-. The number of nitrogens with one attached hydrogen (secondary N) is 1. The zero-order chi connectivity index (χ0) is 27.2. The van der Waals surface area contributed by atoms with E-state index >= 15 is 0 Å². The molecule has 0 radical (unpaired) electrons. The Morgan fingerprint density at radius 1 is 0.923 bits per heavy atom. The van der Waals surface area contributed by atoms with Crippen LogP contribution in [0.5, 0.6) is 11.5 Å². The molecule has 5 rings (SSSR count). The van der Waals surface area contributed by atoms with E-state index in [0.29, 0.717) is 38.4 Å². The Kier molecular flexibility index (Phi) is 8.06. The van der Waals surface area contributed by atoms with Crippen LogP contribution >= 0.6 is 23.2 Å². The van der Waals surface area contributed by atoms with Gasteiger partial charge in [-0.3, -0.25) is 4.79 Å². The Morgan fingerprint density at radius 2 is 1.72 bits per heavy atom. The van der Waals surface area contributed by atoms with Crippen LogP contribution in [0.15, 0.2) is 102 Å². The van der Waals surface area contributed by atoms with Crippen molar-refractivity contribution < 1.29 is 14.3 Å². The van der Waals surface area contributed by atoms with Crippen LogP contribution in [-0.2, 0) is 6.61 Å². The number of rotatable bonds is 8. The van der Waals surface area contributed by atoms with Gasteiger partial charge in [-0.1, -0.05) is 83.9 Å². The van der Waals surface area contributed by atoms with Gasteiger partial charge in [0.15, 0.2) is 11.5 Å². The maximum absolute atomic E-state index is 13.3. The van der Waals surface area contributed by atoms with E-state index in [9.17, 15) is 4.79 Å². The topological polar surface area (TPSA) is 72.8 Å². The van der Waals surface area contributed by atoms with E-state index < -0.39 is 0 Å². The molecule has 1 heterocycles. The highest BCUT2D eigenvalue weighted by Crippen LogP contribution is 2.32. The minimum atomic E-state index is -0.358. The number of hydrazone groups is 1. The molecule has 1 N–H and O–H groups in total. The van der Waals surface area contributed by atoms with Gasteiger partial charge in [-0.15, -0.1) is 0 Å². The molecule has 194 valence electrons. The fourth-order valence-corrected chi connectivity index (χ4v) is 4.40. The summed E-state index contributed by atoms with van der Waals surface area (Å²) in [5, 5.41) is 5.88. The molecule has 0 bridgehead atoms. The highest BCUT2D eigenvalue weighted by Gasteiger charge is 2.14. The second-order valence-electron chi connectivity index (χ2n) is 8.55. The molecular weight excluding hydrogens is 533 g/mol. The van der Waals surface area contributed by atoms with E-state index in [1.165, 1.54) is 6.21 Å². The molecule has 6 nitrogen and oxygen atoms in total. The highest BCUT2D eigenvalue weighted by atomic mass is 35.5. The summed E-state index contributed by atoms with van der Waals surface area (Å²) in [6.45, 7) is 0.232. The maximum atomic E-state index is 13.3. The Balaban J connectivity index is 1.39. The van der Waals surface area contributed by atoms with Gasteiger partial charge in [-0.05, 0) is 42.0 Å². The molecule has 0 aliphatic heterocycles. The third kappa shape index (κ3) is 6.03. The van der Waals surface area contributed by atoms with Crippen molar-refractivity contribution in [2.75, 3.05) is 7.11 Å². The number of halogens is 2. The lowest BCUT2D eigenvalue weighted by Crippen LogP contribution is -2.18. The lowest BCUT2D eigenvalue weighted by molar-refractivity contribution is 0.0956. The molecule has 5 aromatic rings. The number of hydrogen-bond acceptors (Lipinski definition) is 5. The molecule has 0 saturated carbocycles. The largest absolute Gasteiger partial charge is 0.493 e. The molecule has 1 aromatic heterocycles. The third-order valence-corrected chi connectivity index (χ3v) is 6.74. The molecule has 0 atom stereocenters. The second kappa shape index (κ2) is 12.0. The summed E-state index contributed by atoms with van der Waals surface area (Å²) >= 11 is 12.2. The molecule has 0 aliphatic rings. The van der Waals surface area contributed by atoms with Crippen molar-refractivity contribution in [2.24, 2.45) is 5.10 Å². The molecule has 0 unspecified atom stereocenters. The van der Waals surface area contributed by atoms with Crippen molar-refractivity contribution in [1.29, 1.82) is 0 Å². The number of pyridine rings is 1. The van der Waals surface area contributed by atoms with Crippen molar-refractivity contribution in [3.05, 3.63) is 124 Å². The maximum Gasteiger partial charge on any atom is 0.272 e. The predicted octanol–water partition coefficient (Wildman–Crippen LogP) is 7.56. The zero-order valence-corrected chi connectivity index (χ0v) is 22.4.